The Labute approximate surface area is 198 Å². The van der Waals surface area contributed by atoms with Gasteiger partial charge in [0.25, 0.3) is 5.91 Å². The van der Waals surface area contributed by atoms with Crippen LogP contribution in [0.25, 0.3) is 5.69 Å². The first kappa shape index (κ1) is 22.3. The molecule has 1 atom stereocenters. The number of nitrogens with one attached hydrogen (secondary N) is 1. The van der Waals surface area contributed by atoms with Crippen molar-refractivity contribution in [3.05, 3.63) is 76.9 Å². The van der Waals surface area contributed by atoms with E-state index in [9.17, 15) is 14.0 Å². The maximum Gasteiger partial charge on any atom is 0.273 e. The summed E-state index contributed by atoms with van der Waals surface area (Å²) in [5.74, 6) is -0.213. The number of aromatic nitrogens is 3. The summed E-state index contributed by atoms with van der Waals surface area (Å²) in [7, 11) is 0. The number of carbonyl (C=O) groups is 2. The number of amides is 2. The van der Waals surface area contributed by atoms with E-state index in [1.165, 1.54) is 17.7 Å². The van der Waals surface area contributed by atoms with Crippen LogP contribution in [0, 0.1) is 11.7 Å². The Morgan fingerprint density at radius 2 is 1.79 bits per heavy atom. The van der Waals surface area contributed by atoms with Gasteiger partial charge in [-0.15, -0.1) is 5.10 Å². The Kier molecular flexibility index (Phi) is 6.13. The quantitative estimate of drug-likeness (QED) is 0.556. The number of hydrogen-bond acceptors (Lipinski definition) is 4. The molecule has 34 heavy (non-hydrogen) atoms. The molecule has 2 fully saturated rings. The predicted octanol–water partition coefficient (Wildman–Crippen LogP) is 3.62. The first-order valence-corrected chi connectivity index (χ1v) is 11.9. The smallest absolute Gasteiger partial charge is 0.273 e. The van der Waals surface area contributed by atoms with Crippen LogP contribution in [0.5, 0.6) is 0 Å². The SMILES string of the molecule is CCc1ccc(CN2CC(CNC(=O)c3nnn(-c4ccc(F)cc4)c3C3CC3)CC2=O)cc1. The third-order valence-corrected chi connectivity index (χ3v) is 6.61. The molecule has 0 spiro atoms. The van der Waals surface area contributed by atoms with Crippen molar-refractivity contribution in [2.24, 2.45) is 5.92 Å². The number of nitrogens with zero attached hydrogens (tertiary/aromatic N) is 4. The third-order valence-electron chi connectivity index (χ3n) is 6.61. The Morgan fingerprint density at radius 3 is 2.47 bits per heavy atom. The average Bonchev–Trinajstić information content (AvgIpc) is 3.50. The zero-order chi connectivity index (χ0) is 23.7. The highest BCUT2D eigenvalue weighted by Gasteiger charge is 2.35. The molecule has 2 aliphatic rings. The summed E-state index contributed by atoms with van der Waals surface area (Å²) in [6, 6.07) is 14.4. The Morgan fingerprint density at radius 1 is 1.09 bits per heavy atom. The van der Waals surface area contributed by atoms with E-state index in [1.807, 2.05) is 4.90 Å². The fraction of sp³-hybridized carbons (Fsp3) is 0.385. The second kappa shape index (κ2) is 9.37. The van der Waals surface area contributed by atoms with E-state index in [0.717, 1.165) is 30.5 Å². The normalized spacial score (nSPS) is 17.9. The zero-order valence-corrected chi connectivity index (χ0v) is 19.2. The van der Waals surface area contributed by atoms with Crippen LogP contribution < -0.4 is 5.32 Å². The molecule has 8 heteroatoms. The highest BCUT2D eigenvalue weighted by molar-refractivity contribution is 5.93. The summed E-state index contributed by atoms with van der Waals surface area (Å²) in [5, 5.41) is 11.3. The Hall–Kier alpha value is -3.55. The van der Waals surface area contributed by atoms with Crippen molar-refractivity contribution in [3.63, 3.8) is 0 Å². The molecule has 1 saturated heterocycles. The van der Waals surface area contributed by atoms with Gasteiger partial charge in [-0.05, 0) is 54.7 Å². The summed E-state index contributed by atoms with van der Waals surface area (Å²) in [6.45, 7) is 3.73. The van der Waals surface area contributed by atoms with Crippen LogP contribution >= 0.6 is 0 Å². The van der Waals surface area contributed by atoms with Crippen molar-refractivity contribution in [1.29, 1.82) is 0 Å². The lowest BCUT2D eigenvalue weighted by Gasteiger charge is -2.17. The fourth-order valence-electron chi connectivity index (χ4n) is 4.51. The molecule has 2 aromatic carbocycles. The van der Waals surface area contributed by atoms with Gasteiger partial charge in [0.05, 0.1) is 11.4 Å². The van der Waals surface area contributed by atoms with E-state index in [1.54, 1.807) is 16.8 Å². The molecule has 0 bridgehead atoms. The summed E-state index contributed by atoms with van der Waals surface area (Å²) in [4.78, 5) is 27.4. The van der Waals surface area contributed by atoms with Gasteiger partial charge in [-0.2, -0.15) is 0 Å². The van der Waals surface area contributed by atoms with Crippen molar-refractivity contribution >= 4 is 11.8 Å². The van der Waals surface area contributed by atoms with Crippen LogP contribution in [0.3, 0.4) is 0 Å². The van der Waals surface area contributed by atoms with E-state index in [-0.39, 0.29) is 29.5 Å². The molecule has 2 heterocycles. The molecule has 1 unspecified atom stereocenters. The van der Waals surface area contributed by atoms with Gasteiger partial charge in [-0.25, -0.2) is 9.07 Å². The zero-order valence-electron chi connectivity index (χ0n) is 19.2. The molecule has 5 rings (SSSR count). The van der Waals surface area contributed by atoms with Gasteiger partial charge in [0.1, 0.15) is 5.82 Å². The van der Waals surface area contributed by atoms with Crippen LogP contribution in [-0.2, 0) is 17.8 Å². The predicted molar refractivity (Wildman–Crippen MR) is 125 cm³/mol. The summed E-state index contributed by atoms with van der Waals surface area (Å²) < 4.78 is 15.0. The number of likely N-dealkylation sites (tertiary alicyclic amines) is 1. The molecule has 1 aromatic heterocycles. The second-order valence-corrected chi connectivity index (χ2v) is 9.21. The van der Waals surface area contributed by atoms with Crippen LogP contribution in [0.2, 0.25) is 0 Å². The van der Waals surface area contributed by atoms with Crippen molar-refractivity contribution in [2.45, 2.75) is 45.1 Å². The van der Waals surface area contributed by atoms with Crippen molar-refractivity contribution in [3.8, 4) is 5.69 Å². The molecule has 1 aliphatic heterocycles. The lowest BCUT2D eigenvalue weighted by molar-refractivity contribution is -0.128. The third kappa shape index (κ3) is 4.71. The molecule has 2 amide bonds. The summed E-state index contributed by atoms with van der Waals surface area (Å²) >= 11 is 0. The lowest BCUT2D eigenvalue weighted by Crippen LogP contribution is -2.32. The van der Waals surface area contributed by atoms with E-state index in [2.05, 4.69) is 46.8 Å². The number of hydrogen-bond donors (Lipinski definition) is 1. The molecular formula is C26H28FN5O2. The van der Waals surface area contributed by atoms with Gasteiger partial charge >= 0.3 is 0 Å². The maximum atomic E-state index is 13.3. The average molecular weight is 462 g/mol. The molecule has 1 N–H and O–H groups in total. The minimum atomic E-state index is -0.326. The number of rotatable bonds is 8. The van der Waals surface area contributed by atoms with Gasteiger partial charge in [0, 0.05) is 37.9 Å². The first-order valence-electron chi connectivity index (χ1n) is 11.9. The molecule has 1 saturated carbocycles. The molecule has 1 aliphatic carbocycles. The highest BCUT2D eigenvalue weighted by atomic mass is 19.1. The van der Waals surface area contributed by atoms with Crippen molar-refractivity contribution < 1.29 is 14.0 Å². The van der Waals surface area contributed by atoms with Crippen molar-refractivity contribution in [1.82, 2.24) is 25.2 Å². The first-order chi connectivity index (χ1) is 16.5. The van der Waals surface area contributed by atoms with Gasteiger partial charge in [0.2, 0.25) is 5.91 Å². The van der Waals surface area contributed by atoms with Gasteiger partial charge in [-0.3, -0.25) is 9.59 Å². The monoisotopic (exact) mass is 461 g/mol. The molecule has 0 radical (unpaired) electrons. The largest absolute Gasteiger partial charge is 0.350 e. The van der Waals surface area contributed by atoms with Crippen LogP contribution in [-0.4, -0.2) is 44.8 Å². The number of aryl methyl sites for hydroxylation is 1. The highest BCUT2D eigenvalue weighted by Crippen LogP contribution is 2.42. The Bertz CT molecular complexity index is 1180. The minimum Gasteiger partial charge on any atom is -0.350 e. The number of halogens is 1. The van der Waals surface area contributed by atoms with E-state index in [4.69, 9.17) is 0 Å². The lowest BCUT2D eigenvalue weighted by atomic mass is 10.1. The van der Waals surface area contributed by atoms with Gasteiger partial charge in [-0.1, -0.05) is 36.4 Å². The van der Waals surface area contributed by atoms with Crippen LogP contribution in [0.4, 0.5) is 4.39 Å². The van der Waals surface area contributed by atoms with E-state index < -0.39 is 0 Å². The summed E-state index contributed by atoms with van der Waals surface area (Å²) in [6.07, 6.45) is 3.36. The maximum absolute atomic E-state index is 13.3. The minimum absolute atomic E-state index is 0.0582. The molecule has 7 nitrogen and oxygen atoms in total. The summed E-state index contributed by atoms with van der Waals surface area (Å²) in [5.41, 5.74) is 4.15. The second-order valence-electron chi connectivity index (χ2n) is 9.21. The van der Waals surface area contributed by atoms with Gasteiger partial charge < -0.3 is 10.2 Å². The number of benzene rings is 2. The van der Waals surface area contributed by atoms with Crippen molar-refractivity contribution in [2.75, 3.05) is 13.1 Å². The fourth-order valence-corrected chi connectivity index (χ4v) is 4.51. The van der Waals surface area contributed by atoms with E-state index >= 15 is 0 Å². The molecular weight excluding hydrogens is 433 g/mol. The number of carbonyl (C=O) groups excluding carboxylic acids is 2. The standard InChI is InChI=1S/C26H28FN5O2/c1-2-17-3-5-18(6-4-17)15-31-16-19(13-23(31)33)14-28-26(34)24-25(20-7-8-20)32(30-29-24)22-11-9-21(27)10-12-22/h3-6,9-12,19-20H,2,7-8,13-16H2,1H3,(H,28,34). The molecule has 3 aromatic rings. The molecule has 176 valence electrons. The van der Waals surface area contributed by atoms with E-state index in [0.29, 0.717) is 37.4 Å². The topological polar surface area (TPSA) is 80.1 Å². The van der Waals surface area contributed by atoms with Crippen LogP contribution in [0.15, 0.2) is 48.5 Å². The van der Waals surface area contributed by atoms with Gasteiger partial charge in [0.15, 0.2) is 5.69 Å². The van der Waals surface area contributed by atoms with Crippen LogP contribution in [0.1, 0.15) is 59.4 Å². The Balaban J connectivity index is 1.21.